The Hall–Kier alpha value is -1.96. The van der Waals surface area contributed by atoms with Crippen LogP contribution in [0.4, 0.5) is 11.9 Å². The van der Waals surface area contributed by atoms with Gasteiger partial charge in [0, 0.05) is 26.2 Å². The molecule has 0 bridgehead atoms. The number of anilines is 2. The van der Waals surface area contributed by atoms with Crippen molar-refractivity contribution < 1.29 is 9.53 Å². The number of nitrogens with zero attached hydrogens (tertiary/aromatic N) is 5. The molecule has 0 aromatic carbocycles. The molecular weight excluding hydrogens is 248 g/mol. The molecule has 0 amide bonds. The molecule has 104 valence electrons. The average molecular weight is 266 g/mol. The van der Waals surface area contributed by atoms with Gasteiger partial charge in [0.2, 0.25) is 17.7 Å². The molecule has 0 atom stereocenters. The van der Waals surface area contributed by atoms with Crippen molar-refractivity contribution in [1.29, 1.82) is 0 Å². The number of aromatic nitrogens is 3. The molecule has 1 aromatic heterocycles. The van der Waals surface area contributed by atoms with E-state index in [1.165, 1.54) is 0 Å². The fraction of sp³-hybridized carbons (Fsp3) is 0.636. The second kappa shape index (κ2) is 5.79. The van der Waals surface area contributed by atoms with E-state index >= 15 is 0 Å². The van der Waals surface area contributed by atoms with Crippen molar-refractivity contribution in [2.24, 2.45) is 0 Å². The van der Waals surface area contributed by atoms with Gasteiger partial charge in [-0.05, 0) is 14.0 Å². The first-order valence-corrected chi connectivity index (χ1v) is 6.22. The number of carbonyl (C=O) groups is 1. The number of piperazine rings is 1. The van der Waals surface area contributed by atoms with Gasteiger partial charge < -0.3 is 20.3 Å². The summed E-state index contributed by atoms with van der Waals surface area (Å²) in [6.07, 6.45) is 0. The van der Waals surface area contributed by atoms with Gasteiger partial charge in [0.05, 0.1) is 6.61 Å². The van der Waals surface area contributed by atoms with E-state index in [0.717, 1.165) is 26.2 Å². The molecule has 0 radical (unpaired) electrons. The van der Waals surface area contributed by atoms with E-state index in [4.69, 9.17) is 10.5 Å². The van der Waals surface area contributed by atoms with Crippen LogP contribution >= 0.6 is 0 Å². The van der Waals surface area contributed by atoms with Crippen LogP contribution < -0.4 is 10.6 Å². The molecule has 1 fully saturated rings. The number of ether oxygens (including phenoxy) is 1. The van der Waals surface area contributed by atoms with Crippen molar-refractivity contribution in [1.82, 2.24) is 19.9 Å². The summed E-state index contributed by atoms with van der Waals surface area (Å²) in [7, 11) is 2.06. The number of carbonyl (C=O) groups excluding carboxylic acids is 1. The smallest absolute Gasteiger partial charge is 0.376 e. The van der Waals surface area contributed by atoms with Crippen molar-refractivity contribution in [3.05, 3.63) is 5.82 Å². The van der Waals surface area contributed by atoms with Crippen LogP contribution in [-0.2, 0) is 4.74 Å². The zero-order chi connectivity index (χ0) is 13.8. The first kappa shape index (κ1) is 13.5. The summed E-state index contributed by atoms with van der Waals surface area (Å²) in [5, 5.41) is 0. The molecule has 1 aliphatic heterocycles. The van der Waals surface area contributed by atoms with Crippen LogP contribution in [0.1, 0.15) is 17.5 Å². The highest BCUT2D eigenvalue weighted by atomic mass is 16.5. The first-order valence-electron chi connectivity index (χ1n) is 6.22. The number of nitrogen functional groups attached to an aromatic ring is 1. The van der Waals surface area contributed by atoms with Gasteiger partial charge >= 0.3 is 5.97 Å². The Bertz CT molecular complexity index is 458. The topological polar surface area (TPSA) is 97.5 Å². The van der Waals surface area contributed by atoms with E-state index in [2.05, 4.69) is 26.9 Å². The fourth-order valence-electron chi connectivity index (χ4n) is 1.82. The predicted octanol–water partition coefficient (Wildman–Crippen LogP) is -0.618. The van der Waals surface area contributed by atoms with E-state index in [1.54, 1.807) is 6.92 Å². The molecule has 0 saturated carbocycles. The van der Waals surface area contributed by atoms with Crippen molar-refractivity contribution >= 4 is 17.9 Å². The summed E-state index contributed by atoms with van der Waals surface area (Å²) in [5.74, 6) is -0.147. The lowest BCUT2D eigenvalue weighted by atomic mass is 10.3. The highest BCUT2D eigenvalue weighted by Crippen LogP contribution is 2.12. The summed E-state index contributed by atoms with van der Waals surface area (Å²) < 4.78 is 4.87. The third kappa shape index (κ3) is 3.28. The second-order valence-electron chi connectivity index (χ2n) is 4.33. The van der Waals surface area contributed by atoms with Crippen molar-refractivity contribution in [3.8, 4) is 0 Å². The molecule has 0 unspecified atom stereocenters. The summed E-state index contributed by atoms with van der Waals surface area (Å²) in [6, 6.07) is 0. The SMILES string of the molecule is CCOC(=O)c1nc(N)nc(N2CCN(C)CC2)n1. The van der Waals surface area contributed by atoms with Gasteiger partial charge in [-0.15, -0.1) is 0 Å². The largest absolute Gasteiger partial charge is 0.460 e. The molecule has 2 heterocycles. The summed E-state index contributed by atoms with van der Waals surface area (Å²) in [5.41, 5.74) is 5.62. The van der Waals surface area contributed by atoms with Gasteiger partial charge in [0.1, 0.15) is 0 Å². The molecule has 8 nitrogen and oxygen atoms in total. The minimum atomic E-state index is -0.577. The van der Waals surface area contributed by atoms with Crippen LogP contribution in [0.2, 0.25) is 0 Å². The molecule has 2 N–H and O–H groups in total. The first-order chi connectivity index (χ1) is 9.10. The van der Waals surface area contributed by atoms with Crippen LogP contribution in [0, 0.1) is 0 Å². The summed E-state index contributed by atoms with van der Waals surface area (Å²) in [6.45, 7) is 5.42. The van der Waals surface area contributed by atoms with Crippen LogP contribution in [-0.4, -0.2) is 65.7 Å². The highest BCUT2D eigenvalue weighted by Gasteiger charge is 2.20. The summed E-state index contributed by atoms with van der Waals surface area (Å²) in [4.78, 5) is 27.8. The molecule has 0 spiro atoms. The Balaban J connectivity index is 2.19. The molecule has 1 aromatic rings. The van der Waals surface area contributed by atoms with E-state index in [0.29, 0.717) is 5.95 Å². The van der Waals surface area contributed by atoms with Crippen molar-refractivity contribution in [2.75, 3.05) is 50.5 Å². The Kier molecular flexibility index (Phi) is 4.10. The molecule has 1 aliphatic rings. The number of nitrogens with two attached hydrogens (primary N) is 1. The maximum Gasteiger partial charge on any atom is 0.376 e. The summed E-state index contributed by atoms with van der Waals surface area (Å²) >= 11 is 0. The van der Waals surface area contributed by atoms with Crippen molar-refractivity contribution in [2.45, 2.75) is 6.92 Å². The van der Waals surface area contributed by atoms with Gasteiger partial charge in [-0.1, -0.05) is 0 Å². The highest BCUT2D eigenvalue weighted by molar-refractivity contribution is 5.85. The quantitative estimate of drug-likeness (QED) is 0.723. The molecule has 0 aliphatic carbocycles. The number of esters is 1. The lowest BCUT2D eigenvalue weighted by Crippen LogP contribution is -2.45. The number of hydrogen-bond acceptors (Lipinski definition) is 8. The van der Waals surface area contributed by atoms with E-state index in [9.17, 15) is 4.79 Å². The predicted molar refractivity (Wildman–Crippen MR) is 69.9 cm³/mol. The Morgan fingerprint density at radius 3 is 2.58 bits per heavy atom. The van der Waals surface area contributed by atoms with Gasteiger partial charge in [0.25, 0.3) is 0 Å². The third-order valence-electron chi connectivity index (χ3n) is 2.89. The minimum absolute atomic E-state index is 0.0342. The second-order valence-corrected chi connectivity index (χ2v) is 4.33. The normalized spacial score (nSPS) is 16.4. The average Bonchev–Trinajstić information content (AvgIpc) is 2.39. The maximum absolute atomic E-state index is 11.6. The lowest BCUT2D eigenvalue weighted by Gasteiger charge is -2.32. The number of hydrogen-bond donors (Lipinski definition) is 1. The number of rotatable bonds is 3. The fourth-order valence-corrected chi connectivity index (χ4v) is 1.82. The van der Waals surface area contributed by atoms with Crippen LogP contribution in [0.3, 0.4) is 0 Å². The molecule has 2 rings (SSSR count). The zero-order valence-corrected chi connectivity index (χ0v) is 11.2. The Morgan fingerprint density at radius 1 is 1.26 bits per heavy atom. The van der Waals surface area contributed by atoms with E-state index in [-0.39, 0.29) is 18.4 Å². The van der Waals surface area contributed by atoms with Crippen molar-refractivity contribution in [3.63, 3.8) is 0 Å². The maximum atomic E-state index is 11.6. The Morgan fingerprint density at radius 2 is 1.95 bits per heavy atom. The van der Waals surface area contributed by atoms with E-state index < -0.39 is 5.97 Å². The van der Waals surface area contributed by atoms with Crippen LogP contribution in [0.25, 0.3) is 0 Å². The third-order valence-corrected chi connectivity index (χ3v) is 2.89. The van der Waals surface area contributed by atoms with Gasteiger partial charge in [-0.25, -0.2) is 4.79 Å². The van der Waals surface area contributed by atoms with E-state index in [1.807, 2.05) is 4.90 Å². The number of likely N-dealkylation sites (N-methyl/N-ethyl adjacent to an activating group) is 1. The molecule has 19 heavy (non-hydrogen) atoms. The van der Waals surface area contributed by atoms with Crippen LogP contribution in [0.5, 0.6) is 0 Å². The van der Waals surface area contributed by atoms with Crippen LogP contribution in [0.15, 0.2) is 0 Å². The molecule has 8 heteroatoms. The minimum Gasteiger partial charge on any atom is -0.460 e. The van der Waals surface area contributed by atoms with Gasteiger partial charge in [-0.3, -0.25) is 0 Å². The zero-order valence-electron chi connectivity index (χ0n) is 11.2. The monoisotopic (exact) mass is 266 g/mol. The van der Waals surface area contributed by atoms with Gasteiger partial charge in [0.15, 0.2) is 0 Å². The molecule has 1 saturated heterocycles. The standard InChI is InChI=1S/C11H18N6O2/c1-3-19-9(18)8-13-10(12)15-11(14-8)17-6-4-16(2)5-7-17/h3-7H2,1-2H3,(H2,12,13,14,15). The lowest BCUT2D eigenvalue weighted by molar-refractivity contribution is 0.0512. The van der Waals surface area contributed by atoms with Gasteiger partial charge in [-0.2, -0.15) is 15.0 Å². The molecular formula is C11H18N6O2. The Labute approximate surface area is 111 Å².